The van der Waals surface area contributed by atoms with Gasteiger partial charge in [-0.1, -0.05) is 48.5 Å². The summed E-state index contributed by atoms with van der Waals surface area (Å²) >= 11 is 0. The molecule has 26 heavy (non-hydrogen) atoms. The van der Waals surface area contributed by atoms with Crippen molar-refractivity contribution in [3.05, 3.63) is 78.1 Å². The van der Waals surface area contributed by atoms with E-state index in [1.54, 1.807) is 24.1 Å². The number of hydrogen-bond donors (Lipinski definition) is 0. The number of benzene rings is 3. The Kier molecular flexibility index (Phi) is 5.21. The molecule has 3 nitrogen and oxygen atoms in total. The molecule has 3 rings (SSSR count). The number of nitrogens with zero attached hydrogens (tertiary/aromatic N) is 2. The number of amides is 1. The van der Waals surface area contributed by atoms with E-state index in [0.717, 1.165) is 22.0 Å². The second kappa shape index (κ2) is 7.56. The van der Waals surface area contributed by atoms with Gasteiger partial charge < -0.3 is 9.80 Å². The monoisotopic (exact) mass is 350 g/mol. The van der Waals surface area contributed by atoms with E-state index in [1.165, 1.54) is 12.1 Å². The number of carbonyl (C=O) groups excluding carboxylic acids is 1. The van der Waals surface area contributed by atoms with Crippen LogP contribution in [0.3, 0.4) is 0 Å². The van der Waals surface area contributed by atoms with Gasteiger partial charge in [0.15, 0.2) is 0 Å². The molecule has 1 amide bonds. The first-order valence-electron chi connectivity index (χ1n) is 8.67. The molecule has 0 N–H and O–H groups in total. The average molecular weight is 350 g/mol. The van der Waals surface area contributed by atoms with Gasteiger partial charge in [0.1, 0.15) is 5.82 Å². The lowest BCUT2D eigenvalue weighted by molar-refractivity contribution is -0.130. The third kappa shape index (κ3) is 3.69. The van der Waals surface area contributed by atoms with Gasteiger partial charge in [0.05, 0.1) is 12.6 Å². The normalized spacial score (nSPS) is 12.0. The Labute approximate surface area is 153 Å². The van der Waals surface area contributed by atoms with Gasteiger partial charge in [0, 0.05) is 25.2 Å². The molecular formula is C22H23FN2O. The molecule has 4 heteroatoms. The van der Waals surface area contributed by atoms with E-state index in [1.807, 2.05) is 43.1 Å². The van der Waals surface area contributed by atoms with Gasteiger partial charge in [-0.05, 0) is 36.1 Å². The van der Waals surface area contributed by atoms with Crippen LogP contribution in [-0.2, 0) is 4.79 Å². The van der Waals surface area contributed by atoms with Crippen LogP contribution in [0.1, 0.15) is 18.5 Å². The van der Waals surface area contributed by atoms with Crippen molar-refractivity contribution in [2.45, 2.75) is 13.0 Å². The summed E-state index contributed by atoms with van der Waals surface area (Å²) < 4.78 is 13.1. The number of rotatable bonds is 5. The van der Waals surface area contributed by atoms with Crippen LogP contribution >= 0.6 is 0 Å². The van der Waals surface area contributed by atoms with Crippen molar-refractivity contribution < 1.29 is 9.18 Å². The minimum Gasteiger partial charge on any atom is -0.365 e. The highest BCUT2D eigenvalue weighted by Gasteiger charge is 2.19. The Morgan fingerprint density at radius 3 is 2.35 bits per heavy atom. The highest BCUT2D eigenvalue weighted by atomic mass is 19.1. The smallest absolute Gasteiger partial charge is 0.242 e. The third-order valence-corrected chi connectivity index (χ3v) is 4.88. The van der Waals surface area contributed by atoms with E-state index < -0.39 is 0 Å². The zero-order chi connectivity index (χ0) is 18.7. The number of fused-ring (bicyclic) bond motifs is 1. The summed E-state index contributed by atoms with van der Waals surface area (Å²) in [5.74, 6) is -0.261. The van der Waals surface area contributed by atoms with Gasteiger partial charge in [-0.3, -0.25) is 4.79 Å². The summed E-state index contributed by atoms with van der Waals surface area (Å²) in [6, 6.07) is 20.4. The molecule has 0 fully saturated rings. The predicted octanol–water partition coefficient (Wildman–Crippen LogP) is 4.63. The number of anilines is 1. The Balaban J connectivity index is 1.75. The van der Waals surface area contributed by atoms with Gasteiger partial charge in [-0.2, -0.15) is 0 Å². The maximum absolute atomic E-state index is 13.1. The molecule has 0 aliphatic carbocycles. The van der Waals surface area contributed by atoms with Crippen molar-refractivity contribution in [3.63, 3.8) is 0 Å². The predicted molar refractivity (Wildman–Crippen MR) is 105 cm³/mol. The molecule has 1 atom stereocenters. The quantitative estimate of drug-likeness (QED) is 0.669. The van der Waals surface area contributed by atoms with Crippen LogP contribution in [-0.4, -0.2) is 31.4 Å². The first kappa shape index (κ1) is 17.9. The van der Waals surface area contributed by atoms with E-state index in [-0.39, 0.29) is 24.3 Å². The van der Waals surface area contributed by atoms with Gasteiger partial charge >= 0.3 is 0 Å². The second-order valence-electron chi connectivity index (χ2n) is 6.59. The zero-order valence-electron chi connectivity index (χ0n) is 15.3. The topological polar surface area (TPSA) is 23.6 Å². The molecule has 0 aliphatic heterocycles. The van der Waals surface area contributed by atoms with Crippen molar-refractivity contribution >= 4 is 22.4 Å². The lowest BCUT2D eigenvalue weighted by Gasteiger charge is -2.28. The van der Waals surface area contributed by atoms with Crippen LogP contribution < -0.4 is 4.90 Å². The average Bonchev–Trinajstić information content (AvgIpc) is 2.66. The molecule has 0 aromatic heterocycles. The van der Waals surface area contributed by atoms with Gasteiger partial charge in [0.2, 0.25) is 5.91 Å². The summed E-state index contributed by atoms with van der Waals surface area (Å²) in [6.07, 6.45) is 0. The van der Waals surface area contributed by atoms with Crippen molar-refractivity contribution in [2.24, 2.45) is 0 Å². The first-order valence-corrected chi connectivity index (χ1v) is 8.67. The number of carbonyl (C=O) groups is 1. The van der Waals surface area contributed by atoms with Crippen LogP contribution in [0.4, 0.5) is 10.1 Å². The van der Waals surface area contributed by atoms with Crippen LogP contribution in [0.15, 0.2) is 66.7 Å². The lowest BCUT2D eigenvalue weighted by atomic mass is 10.1. The molecule has 0 aliphatic rings. The maximum Gasteiger partial charge on any atom is 0.242 e. The largest absolute Gasteiger partial charge is 0.365 e. The van der Waals surface area contributed by atoms with Crippen molar-refractivity contribution in [1.29, 1.82) is 0 Å². The van der Waals surface area contributed by atoms with Gasteiger partial charge in [-0.15, -0.1) is 0 Å². The SMILES string of the molecule is CC(c1ccc(F)cc1)N(C)C(=O)CN(C)c1cccc2ccccc12. The van der Waals surface area contributed by atoms with E-state index >= 15 is 0 Å². The minimum atomic E-state index is -0.273. The summed E-state index contributed by atoms with van der Waals surface area (Å²) in [7, 11) is 3.71. The molecule has 0 saturated heterocycles. The van der Waals surface area contributed by atoms with Crippen LogP contribution in [0.2, 0.25) is 0 Å². The third-order valence-electron chi connectivity index (χ3n) is 4.88. The summed E-state index contributed by atoms with van der Waals surface area (Å²) in [4.78, 5) is 16.4. The van der Waals surface area contributed by atoms with Crippen LogP contribution in [0, 0.1) is 5.82 Å². The number of hydrogen-bond acceptors (Lipinski definition) is 2. The Bertz CT molecular complexity index is 902. The van der Waals surface area contributed by atoms with E-state index in [9.17, 15) is 9.18 Å². The van der Waals surface area contributed by atoms with Crippen LogP contribution in [0.5, 0.6) is 0 Å². The molecule has 134 valence electrons. The molecule has 0 saturated carbocycles. The number of halogens is 1. The molecule has 0 radical (unpaired) electrons. The maximum atomic E-state index is 13.1. The zero-order valence-corrected chi connectivity index (χ0v) is 15.3. The fourth-order valence-corrected chi connectivity index (χ4v) is 3.12. The Hall–Kier alpha value is -2.88. The summed E-state index contributed by atoms with van der Waals surface area (Å²) in [5.41, 5.74) is 1.94. The molecular weight excluding hydrogens is 327 g/mol. The second-order valence-corrected chi connectivity index (χ2v) is 6.59. The van der Waals surface area contributed by atoms with E-state index in [0.29, 0.717) is 0 Å². The standard InChI is InChI=1S/C22H23FN2O/c1-16(17-11-13-19(23)14-12-17)25(3)22(26)15-24(2)21-10-6-8-18-7-4-5-9-20(18)21/h4-14,16H,15H2,1-3H3. The van der Waals surface area contributed by atoms with E-state index in [4.69, 9.17) is 0 Å². The lowest BCUT2D eigenvalue weighted by Crippen LogP contribution is -2.38. The van der Waals surface area contributed by atoms with Crippen molar-refractivity contribution in [2.75, 3.05) is 25.5 Å². The fraction of sp³-hybridized carbons (Fsp3) is 0.227. The first-order chi connectivity index (χ1) is 12.5. The molecule has 3 aromatic rings. The van der Waals surface area contributed by atoms with Crippen molar-refractivity contribution in [1.82, 2.24) is 4.90 Å². The highest BCUT2D eigenvalue weighted by molar-refractivity contribution is 5.95. The fourth-order valence-electron chi connectivity index (χ4n) is 3.12. The minimum absolute atomic E-state index is 0.0114. The molecule has 0 heterocycles. The molecule has 3 aromatic carbocycles. The van der Waals surface area contributed by atoms with Gasteiger partial charge in [-0.25, -0.2) is 4.39 Å². The number of likely N-dealkylation sites (N-methyl/N-ethyl adjacent to an activating group) is 2. The van der Waals surface area contributed by atoms with Gasteiger partial charge in [0.25, 0.3) is 0 Å². The van der Waals surface area contributed by atoms with Crippen LogP contribution in [0.25, 0.3) is 10.8 Å². The Morgan fingerprint density at radius 2 is 1.62 bits per heavy atom. The molecule has 0 bridgehead atoms. The van der Waals surface area contributed by atoms with Crippen molar-refractivity contribution in [3.8, 4) is 0 Å². The molecule has 0 spiro atoms. The highest BCUT2D eigenvalue weighted by Crippen LogP contribution is 2.26. The Morgan fingerprint density at radius 1 is 0.962 bits per heavy atom. The van der Waals surface area contributed by atoms with E-state index in [2.05, 4.69) is 18.2 Å². The summed E-state index contributed by atoms with van der Waals surface area (Å²) in [5, 5.41) is 2.27. The molecule has 1 unspecified atom stereocenters. The summed E-state index contributed by atoms with van der Waals surface area (Å²) in [6.45, 7) is 2.22.